The molecule has 0 aromatic rings. The Morgan fingerprint density at radius 1 is 1.31 bits per heavy atom. The normalized spacial score (nSPS) is 21.8. The molecule has 0 atom stereocenters. The first-order valence-corrected chi connectivity index (χ1v) is 8.28. The van der Waals surface area contributed by atoms with Gasteiger partial charge in [-0.05, 0) is 19.8 Å². The fourth-order valence-corrected chi connectivity index (χ4v) is 4.79. The first-order chi connectivity index (χ1) is 7.23. The summed E-state index contributed by atoms with van der Waals surface area (Å²) in [5.74, 6) is -0.468. The van der Waals surface area contributed by atoms with E-state index in [1.807, 2.05) is 0 Å². The van der Waals surface area contributed by atoms with E-state index in [1.54, 1.807) is 0 Å². The van der Waals surface area contributed by atoms with Gasteiger partial charge in [0.2, 0.25) is 10.0 Å². The number of sulfonamides is 1. The molecule has 94 valence electrons. The maximum absolute atomic E-state index is 11.6. The van der Waals surface area contributed by atoms with Crippen molar-refractivity contribution >= 4 is 25.6 Å². The van der Waals surface area contributed by atoms with Gasteiger partial charge >= 0.3 is 0 Å². The Kier molecular flexibility index (Phi) is 4.08. The van der Waals surface area contributed by atoms with E-state index in [-0.39, 0.29) is 36.7 Å². The lowest BCUT2D eigenvalue weighted by Gasteiger charge is -2.21. The number of ketones is 1. The van der Waals surface area contributed by atoms with Crippen LogP contribution >= 0.6 is 0 Å². The van der Waals surface area contributed by atoms with Crippen LogP contribution in [0.4, 0.5) is 0 Å². The molecule has 1 fully saturated rings. The van der Waals surface area contributed by atoms with Crippen molar-refractivity contribution in [3.8, 4) is 0 Å². The van der Waals surface area contributed by atoms with Crippen molar-refractivity contribution in [2.24, 2.45) is 0 Å². The zero-order valence-electron chi connectivity index (χ0n) is 8.97. The van der Waals surface area contributed by atoms with Gasteiger partial charge in [0.1, 0.15) is 15.6 Å². The third-order valence-corrected chi connectivity index (χ3v) is 6.07. The van der Waals surface area contributed by atoms with Gasteiger partial charge in [-0.15, -0.1) is 0 Å². The molecule has 1 saturated heterocycles. The predicted octanol–water partition coefficient (Wildman–Crippen LogP) is -0.928. The van der Waals surface area contributed by atoms with Crippen LogP contribution in [0.15, 0.2) is 0 Å². The molecule has 0 bridgehead atoms. The Balaban J connectivity index is 2.62. The van der Waals surface area contributed by atoms with Gasteiger partial charge in [0.25, 0.3) is 0 Å². The van der Waals surface area contributed by atoms with Crippen molar-refractivity contribution in [2.75, 3.05) is 18.1 Å². The molecule has 0 radical (unpaired) electrons. The predicted molar refractivity (Wildman–Crippen MR) is 59.3 cm³/mol. The molecule has 1 heterocycles. The van der Waals surface area contributed by atoms with Crippen LogP contribution in [0.25, 0.3) is 0 Å². The number of sulfone groups is 1. The van der Waals surface area contributed by atoms with Crippen molar-refractivity contribution in [1.82, 2.24) is 4.72 Å². The Morgan fingerprint density at radius 3 is 2.25 bits per heavy atom. The molecule has 6 nitrogen and oxygen atoms in total. The number of Topliss-reactive ketones (excluding diaryl/α,β-unsaturated/α-hetero) is 1. The topological polar surface area (TPSA) is 97.4 Å². The number of nitrogens with one attached hydrogen (secondary N) is 1. The van der Waals surface area contributed by atoms with E-state index in [9.17, 15) is 21.6 Å². The number of hydrogen-bond acceptors (Lipinski definition) is 5. The lowest BCUT2D eigenvalue weighted by molar-refractivity contribution is -0.115. The molecular formula is C8H15NO5S2. The summed E-state index contributed by atoms with van der Waals surface area (Å²) in [5.41, 5.74) is 0. The number of carbonyl (C=O) groups excluding carboxylic acids is 1. The molecule has 16 heavy (non-hydrogen) atoms. The van der Waals surface area contributed by atoms with Crippen molar-refractivity contribution < 1.29 is 21.6 Å². The van der Waals surface area contributed by atoms with Crippen molar-refractivity contribution in [3.05, 3.63) is 0 Å². The van der Waals surface area contributed by atoms with Gasteiger partial charge in [-0.3, -0.25) is 4.79 Å². The first kappa shape index (κ1) is 13.6. The molecule has 0 aromatic heterocycles. The fourth-order valence-electron chi connectivity index (χ4n) is 1.50. The monoisotopic (exact) mass is 269 g/mol. The molecule has 0 amide bonds. The van der Waals surface area contributed by atoms with E-state index < -0.39 is 25.1 Å². The molecule has 0 unspecified atom stereocenters. The van der Waals surface area contributed by atoms with Gasteiger partial charge < -0.3 is 0 Å². The number of rotatable bonds is 4. The van der Waals surface area contributed by atoms with Crippen LogP contribution in [0, 0.1) is 0 Å². The molecule has 1 aliphatic heterocycles. The average molecular weight is 269 g/mol. The van der Waals surface area contributed by atoms with E-state index in [1.165, 1.54) is 6.92 Å². The minimum absolute atomic E-state index is 0.0986. The molecule has 0 aromatic carbocycles. The summed E-state index contributed by atoms with van der Waals surface area (Å²) in [6.07, 6.45) is 0.213. The lowest BCUT2D eigenvalue weighted by atomic mass is 10.2. The molecule has 1 rings (SSSR count). The fraction of sp³-hybridized carbons (Fsp3) is 0.875. The summed E-state index contributed by atoms with van der Waals surface area (Å²) < 4.78 is 47.7. The quantitative estimate of drug-likeness (QED) is 0.711. The van der Waals surface area contributed by atoms with Crippen molar-refractivity contribution in [3.63, 3.8) is 0 Å². The highest BCUT2D eigenvalue weighted by atomic mass is 32.2. The molecule has 0 saturated carbocycles. The third kappa shape index (κ3) is 3.84. The van der Waals surface area contributed by atoms with Crippen LogP contribution < -0.4 is 4.72 Å². The molecule has 8 heteroatoms. The summed E-state index contributed by atoms with van der Waals surface area (Å²) in [5, 5.41) is -0.699. The van der Waals surface area contributed by atoms with Gasteiger partial charge in [0.15, 0.2) is 0 Å². The second-order valence-electron chi connectivity index (χ2n) is 3.92. The Morgan fingerprint density at radius 2 is 1.81 bits per heavy atom. The summed E-state index contributed by atoms with van der Waals surface area (Å²) in [6, 6.07) is 0. The van der Waals surface area contributed by atoms with Crippen LogP contribution in [0.1, 0.15) is 19.8 Å². The van der Waals surface area contributed by atoms with Crippen LogP contribution in [0.2, 0.25) is 0 Å². The SMILES string of the molecule is CC(=O)CNS(=O)(=O)C1CCS(=O)(=O)CC1. The smallest absolute Gasteiger partial charge is 0.214 e. The highest BCUT2D eigenvalue weighted by Gasteiger charge is 2.32. The maximum Gasteiger partial charge on any atom is 0.214 e. The molecule has 0 spiro atoms. The third-order valence-electron chi connectivity index (χ3n) is 2.46. The molecule has 1 aliphatic rings. The van der Waals surface area contributed by atoms with E-state index in [0.717, 1.165) is 0 Å². The first-order valence-electron chi connectivity index (χ1n) is 4.91. The molecule has 0 aliphatic carbocycles. The van der Waals surface area contributed by atoms with Gasteiger partial charge in [0, 0.05) is 0 Å². The number of hydrogen-bond donors (Lipinski definition) is 1. The highest BCUT2D eigenvalue weighted by molar-refractivity contribution is 7.92. The van der Waals surface area contributed by atoms with Crippen molar-refractivity contribution in [1.29, 1.82) is 0 Å². The molecule has 1 N–H and O–H groups in total. The maximum atomic E-state index is 11.6. The van der Waals surface area contributed by atoms with Gasteiger partial charge in [-0.2, -0.15) is 0 Å². The van der Waals surface area contributed by atoms with Crippen molar-refractivity contribution in [2.45, 2.75) is 25.0 Å². The van der Waals surface area contributed by atoms with Crippen LogP contribution in [-0.4, -0.2) is 45.9 Å². The summed E-state index contributed by atoms with van der Waals surface area (Å²) >= 11 is 0. The molecular weight excluding hydrogens is 254 g/mol. The standard InChI is InChI=1S/C8H15NO5S2/c1-7(10)6-9-16(13,14)8-2-4-15(11,12)5-3-8/h8-9H,2-6H2,1H3. The second-order valence-corrected chi connectivity index (χ2v) is 8.27. The highest BCUT2D eigenvalue weighted by Crippen LogP contribution is 2.18. The van der Waals surface area contributed by atoms with E-state index >= 15 is 0 Å². The van der Waals surface area contributed by atoms with Crippen LogP contribution in [0.3, 0.4) is 0 Å². The summed E-state index contributed by atoms with van der Waals surface area (Å²) in [7, 11) is -6.63. The van der Waals surface area contributed by atoms with E-state index in [0.29, 0.717) is 0 Å². The zero-order valence-corrected chi connectivity index (χ0v) is 10.6. The second kappa shape index (κ2) is 4.80. The van der Waals surface area contributed by atoms with Gasteiger partial charge in [-0.1, -0.05) is 0 Å². The van der Waals surface area contributed by atoms with Gasteiger partial charge in [0.05, 0.1) is 23.3 Å². The van der Waals surface area contributed by atoms with Gasteiger partial charge in [-0.25, -0.2) is 21.6 Å². The average Bonchev–Trinajstić information content (AvgIpc) is 2.14. The minimum atomic E-state index is -3.56. The number of carbonyl (C=O) groups is 1. The Labute approximate surface area is 95.4 Å². The van der Waals surface area contributed by atoms with Crippen LogP contribution in [-0.2, 0) is 24.7 Å². The minimum Gasteiger partial charge on any atom is -0.299 e. The van der Waals surface area contributed by atoms with Crippen LogP contribution in [0.5, 0.6) is 0 Å². The Hall–Kier alpha value is -0.470. The van der Waals surface area contributed by atoms with E-state index in [2.05, 4.69) is 4.72 Å². The summed E-state index contributed by atoms with van der Waals surface area (Å²) in [4.78, 5) is 10.7. The largest absolute Gasteiger partial charge is 0.299 e. The summed E-state index contributed by atoms with van der Waals surface area (Å²) in [6.45, 7) is 1.05. The van der Waals surface area contributed by atoms with E-state index in [4.69, 9.17) is 0 Å². The lowest BCUT2D eigenvalue weighted by Crippen LogP contribution is -2.41. The Bertz CT molecular complexity index is 451. The zero-order chi connectivity index (χ0) is 12.4.